The Morgan fingerprint density at radius 2 is 1.91 bits per heavy atom. The van der Waals surface area contributed by atoms with Crippen LogP contribution in [0.5, 0.6) is 0 Å². The molecule has 0 bridgehead atoms. The summed E-state index contributed by atoms with van der Waals surface area (Å²) in [6.07, 6.45) is 1.79. The zero-order valence-corrected chi connectivity index (χ0v) is 12.0. The fourth-order valence-corrected chi connectivity index (χ4v) is 2.91. The van der Waals surface area contributed by atoms with Crippen LogP contribution in [0.3, 0.4) is 0 Å². The number of hydrogen-bond acceptors (Lipinski definition) is 3. The summed E-state index contributed by atoms with van der Waals surface area (Å²) in [6.45, 7) is 2.07. The monoisotopic (exact) mass is 284 g/mol. The second-order valence-corrected chi connectivity index (χ2v) is 5.25. The summed E-state index contributed by atoms with van der Waals surface area (Å²) < 4.78 is 5.89. The third-order valence-electron chi connectivity index (χ3n) is 3.97. The van der Waals surface area contributed by atoms with E-state index in [1.807, 2.05) is 42.5 Å². The Hall–Kier alpha value is -3.12. The molecule has 22 heavy (non-hydrogen) atoms. The molecular weight excluding hydrogens is 272 g/mol. The molecule has 0 radical (unpaired) electrons. The zero-order chi connectivity index (χ0) is 15.1. The van der Waals surface area contributed by atoms with Gasteiger partial charge in [0.2, 0.25) is 0 Å². The molecule has 3 nitrogen and oxygen atoms in total. The minimum atomic E-state index is 0.637. The molecule has 0 amide bonds. The number of furan rings is 1. The van der Waals surface area contributed by atoms with Crippen molar-refractivity contribution in [2.24, 2.45) is 0 Å². The van der Waals surface area contributed by atoms with Gasteiger partial charge in [0, 0.05) is 22.5 Å². The Morgan fingerprint density at radius 3 is 2.68 bits per heavy atom. The molecule has 0 saturated carbocycles. The highest BCUT2D eigenvalue weighted by Crippen LogP contribution is 2.36. The third-order valence-corrected chi connectivity index (χ3v) is 3.97. The molecule has 0 unspecified atom stereocenters. The zero-order valence-electron chi connectivity index (χ0n) is 12.0. The Balaban J connectivity index is 2.09. The maximum atomic E-state index is 9.12. The summed E-state index contributed by atoms with van der Waals surface area (Å²) in [5.41, 5.74) is 5.41. The second-order valence-electron chi connectivity index (χ2n) is 5.25. The Kier molecular flexibility index (Phi) is 2.70. The minimum Gasteiger partial charge on any atom is -0.456 e. The fourth-order valence-electron chi connectivity index (χ4n) is 2.91. The van der Waals surface area contributed by atoms with Gasteiger partial charge < -0.3 is 4.42 Å². The van der Waals surface area contributed by atoms with Gasteiger partial charge in [0.05, 0.1) is 17.3 Å². The number of rotatable bonds is 1. The molecule has 2 aromatic carbocycles. The molecule has 2 heterocycles. The van der Waals surface area contributed by atoms with Crippen LogP contribution in [0.15, 0.2) is 59.1 Å². The number of nitrogens with zero attached hydrogens (tertiary/aromatic N) is 2. The molecule has 3 heteroatoms. The summed E-state index contributed by atoms with van der Waals surface area (Å²) in [6, 6.07) is 17.6. The lowest BCUT2D eigenvalue weighted by atomic mass is 9.99. The third kappa shape index (κ3) is 1.78. The number of fused-ring (bicyclic) bond motifs is 3. The molecular formula is C19H12N2O. The van der Waals surface area contributed by atoms with Crippen molar-refractivity contribution in [3.8, 4) is 17.3 Å². The lowest BCUT2D eigenvalue weighted by molar-refractivity contribution is 0.669. The van der Waals surface area contributed by atoms with Crippen LogP contribution in [0.1, 0.15) is 11.1 Å². The maximum absolute atomic E-state index is 9.12. The molecule has 0 aliphatic carbocycles. The van der Waals surface area contributed by atoms with Crippen molar-refractivity contribution < 1.29 is 4.42 Å². The minimum absolute atomic E-state index is 0.637. The van der Waals surface area contributed by atoms with Gasteiger partial charge >= 0.3 is 0 Å². The van der Waals surface area contributed by atoms with Crippen molar-refractivity contribution >= 4 is 21.9 Å². The van der Waals surface area contributed by atoms with E-state index in [0.29, 0.717) is 5.56 Å². The molecule has 2 aromatic heterocycles. The topological polar surface area (TPSA) is 49.8 Å². The van der Waals surface area contributed by atoms with Gasteiger partial charge in [0.15, 0.2) is 0 Å². The van der Waals surface area contributed by atoms with Gasteiger partial charge in [-0.25, -0.2) is 0 Å². The molecule has 4 rings (SSSR count). The number of aromatic nitrogens is 1. The summed E-state index contributed by atoms with van der Waals surface area (Å²) in [5.74, 6) is 0. The van der Waals surface area contributed by atoms with Crippen LogP contribution in [-0.4, -0.2) is 4.98 Å². The van der Waals surface area contributed by atoms with Crippen LogP contribution in [0, 0.1) is 18.3 Å². The van der Waals surface area contributed by atoms with Gasteiger partial charge in [-0.2, -0.15) is 5.26 Å². The number of aryl methyl sites for hydroxylation is 1. The first-order valence-corrected chi connectivity index (χ1v) is 7.05. The SMILES string of the molecule is Cc1c(-c2ccccn2)ccc2oc3ccc(C#N)cc3c12. The smallest absolute Gasteiger partial charge is 0.135 e. The number of pyridine rings is 1. The van der Waals surface area contributed by atoms with E-state index in [-0.39, 0.29) is 0 Å². The number of nitriles is 1. The first-order chi connectivity index (χ1) is 10.8. The van der Waals surface area contributed by atoms with Crippen LogP contribution in [0.2, 0.25) is 0 Å². The van der Waals surface area contributed by atoms with Crippen molar-refractivity contribution in [3.05, 3.63) is 65.9 Å². The quantitative estimate of drug-likeness (QED) is 0.503. The number of hydrogen-bond donors (Lipinski definition) is 0. The lowest BCUT2D eigenvalue weighted by Gasteiger charge is -2.06. The standard InChI is InChI=1S/C19H12N2O/c1-12-14(16-4-2-3-9-21-16)6-8-18-19(12)15-10-13(11-20)5-7-17(15)22-18/h2-10H,1H3. The Bertz CT molecular complexity index is 1040. The first-order valence-electron chi connectivity index (χ1n) is 7.05. The molecule has 0 N–H and O–H groups in total. The van der Waals surface area contributed by atoms with Crippen molar-refractivity contribution in [1.82, 2.24) is 4.98 Å². The highest BCUT2D eigenvalue weighted by molar-refractivity contribution is 6.08. The van der Waals surface area contributed by atoms with Gasteiger partial charge in [-0.05, 0) is 55.0 Å². The van der Waals surface area contributed by atoms with Gasteiger partial charge in [-0.1, -0.05) is 6.07 Å². The van der Waals surface area contributed by atoms with Crippen LogP contribution in [-0.2, 0) is 0 Å². The molecule has 0 saturated heterocycles. The predicted octanol–water partition coefficient (Wildman–Crippen LogP) is 4.83. The average molecular weight is 284 g/mol. The summed E-state index contributed by atoms with van der Waals surface area (Å²) in [5, 5.41) is 11.1. The van der Waals surface area contributed by atoms with E-state index in [1.54, 1.807) is 12.3 Å². The molecule has 0 spiro atoms. The van der Waals surface area contributed by atoms with E-state index in [4.69, 9.17) is 9.68 Å². The first kappa shape index (κ1) is 12.6. The van der Waals surface area contributed by atoms with E-state index >= 15 is 0 Å². The second kappa shape index (κ2) is 4.71. The van der Waals surface area contributed by atoms with Gasteiger partial charge in [-0.3, -0.25) is 4.98 Å². The molecule has 104 valence electrons. The van der Waals surface area contributed by atoms with E-state index in [2.05, 4.69) is 18.0 Å². The number of benzene rings is 2. The van der Waals surface area contributed by atoms with Crippen molar-refractivity contribution in [2.75, 3.05) is 0 Å². The molecule has 4 aromatic rings. The largest absolute Gasteiger partial charge is 0.456 e. The van der Waals surface area contributed by atoms with E-state index in [1.165, 1.54) is 0 Å². The summed E-state index contributed by atoms with van der Waals surface area (Å²) in [7, 11) is 0. The summed E-state index contributed by atoms with van der Waals surface area (Å²) in [4.78, 5) is 4.43. The lowest BCUT2D eigenvalue weighted by Crippen LogP contribution is -1.87. The van der Waals surface area contributed by atoms with Crippen LogP contribution in [0.25, 0.3) is 33.2 Å². The molecule has 0 atom stereocenters. The van der Waals surface area contributed by atoms with Gasteiger partial charge in [-0.15, -0.1) is 0 Å². The average Bonchev–Trinajstić information content (AvgIpc) is 2.94. The summed E-state index contributed by atoms with van der Waals surface area (Å²) >= 11 is 0. The molecule has 0 fully saturated rings. The normalized spacial score (nSPS) is 10.9. The fraction of sp³-hybridized carbons (Fsp3) is 0.0526. The van der Waals surface area contributed by atoms with Crippen molar-refractivity contribution in [3.63, 3.8) is 0 Å². The molecule has 0 aliphatic heterocycles. The Labute approximate surface area is 127 Å². The maximum Gasteiger partial charge on any atom is 0.135 e. The van der Waals surface area contributed by atoms with Gasteiger partial charge in [0.1, 0.15) is 11.2 Å². The molecule has 0 aliphatic rings. The highest BCUT2D eigenvalue weighted by atomic mass is 16.3. The Morgan fingerprint density at radius 1 is 1.05 bits per heavy atom. The van der Waals surface area contributed by atoms with Crippen molar-refractivity contribution in [2.45, 2.75) is 6.92 Å². The van der Waals surface area contributed by atoms with E-state index in [0.717, 1.165) is 38.8 Å². The van der Waals surface area contributed by atoms with E-state index < -0.39 is 0 Å². The van der Waals surface area contributed by atoms with Crippen LogP contribution >= 0.6 is 0 Å². The predicted molar refractivity (Wildman–Crippen MR) is 86.4 cm³/mol. The highest BCUT2D eigenvalue weighted by Gasteiger charge is 2.13. The van der Waals surface area contributed by atoms with Crippen LogP contribution < -0.4 is 0 Å². The van der Waals surface area contributed by atoms with Gasteiger partial charge in [0.25, 0.3) is 0 Å². The van der Waals surface area contributed by atoms with Crippen molar-refractivity contribution in [1.29, 1.82) is 5.26 Å². The van der Waals surface area contributed by atoms with Crippen LogP contribution in [0.4, 0.5) is 0 Å². The van der Waals surface area contributed by atoms with E-state index in [9.17, 15) is 0 Å².